The molecule has 0 amide bonds. The molecular weight excluding hydrogens is 277 g/mol. The molecule has 4 heteroatoms. The van der Waals surface area contributed by atoms with Gasteiger partial charge in [0, 0.05) is 30.3 Å². The number of hydrogen-bond donors (Lipinski definition) is 1. The highest BCUT2D eigenvalue weighted by molar-refractivity contribution is 5.59. The normalized spacial score (nSPS) is 10.0. The minimum absolute atomic E-state index is 0.246. The van der Waals surface area contributed by atoms with Crippen molar-refractivity contribution in [1.82, 2.24) is 15.2 Å². The first kappa shape index (κ1) is 14.0. The largest absolute Gasteiger partial charge is 0.282 e. The lowest BCUT2D eigenvalue weighted by molar-refractivity contribution is 0.628. The van der Waals surface area contributed by atoms with E-state index in [0.717, 1.165) is 35.5 Å². The van der Waals surface area contributed by atoms with Crippen LogP contribution in [-0.4, -0.2) is 15.2 Å². The molecule has 108 valence electrons. The molecule has 1 N–H and O–H groups in total. The van der Waals surface area contributed by atoms with E-state index >= 15 is 0 Å². The molecule has 0 aliphatic heterocycles. The third-order valence-electron chi connectivity index (χ3n) is 3.17. The predicted octanol–water partition coefficient (Wildman–Crippen LogP) is 3.60. The zero-order valence-corrected chi connectivity index (χ0v) is 11.9. The molecule has 0 saturated heterocycles. The quantitative estimate of drug-likeness (QED) is 0.749. The van der Waals surface area contributed by atoms with Crippen molar-refractivity contribution in [2.45, 2.75) is 12.8 Å². The van der Waals surface area contributed by atoms with Gasteiger partial charge in [0.25, 0.3) is 0 Å². The Hall–Kier alpha value is -2.93. The molecule has 22 heavy (non-hydrogen) atoms. The molecule has 0 unspecified atom stereocenters. The number of hydrogen-bond acceptors (Lipinski definition) is 2. The molecule has 0 atom stereocenters. The van der Waals surface area contributed by atoms with E-state index in [9.17, 15) is 4.39 Å². The van der Waals surface area contributed by atoms with Gasteiger partial charge in [0.15, 0.2) is 0 Å². The fourth-order valence-corrected chi connectivity index (χ4v) is 2.05. The Kier molecular flexibility index (Phi) is 4.26. The Morgan fingerprint density at radius 3 is 2.73 bits per heavy atom. The van der Waals surface area contributed by atoms with Crippen LogP contribution in [0.2, 0.25) is 0 Å². The highest BCUT2D eigenvalue weighted by Gasteiger charge is 2.03. The highest BCUT2D eigenvalue weighted by Crippen LogP contribution is 2.18. The zero-order chi connectivity index (χ0) is 15.2. The minimum atomic E-state index is -0.246. The maximum absolute atomic E-state index is 12.9. The Labute approximate surface area is 128 Å². The molecule has 1 aromatic carbocycles. The van der Waals surface area contributed by atoms with E-state index in [1.165, 1.54) is 12.1 Å². The second-order valence-corrected chi connectivity index (χ2v) is 4.80. The van der Waals surface area contributed by atoms with E-state index < -0.39 is 0 Å². The van der Waals surface area contributed by atoms with Crippen molar-refractivity contribution >= 4 is 0 Å². The smallest absolute Gasteiger partial charge is 0.123 e. The van der Waals surface area contributed by atoms with Gasteiger partial charge in [0.2, 0.25) is 0 Å². The van der Waals surface area contributed by atoms with Crippen molar-refractivity contribution in [3.63, 3.8) is 0 Å². The summed E-state index contributed by atoms with van der Waals surface area (Å²) in [6.07, 6.45) is 3.24. The van der Waals surface area contributed by atoms with Crippen LogP contribution in [0.3, 0.4) is 0 Å². The molecule has 0 radical (unpaired) electrons. The summed E-state index contributed by atoms with van der Waals surface area (Å²) < 4.78 is 12.9. The maximum atomic E-state index is 12.9. The fourth-order valence-electron chi connectivity index (χ4n) is 2.05. The second-order valence-electron chi connectivity index (χ2n) is 4.80. The summed E-state index contributed by atoms with van der Waals surface area (Å²) in [5.74, 6) is 5.87. The van der Waals surface area contributed by atoms with Crippen molar-refractivity contribution < 1.29 is 4.39 Å². The zero-order valence-electron chi connectivity index (χ0n) is 11.9. The lowest BCUT2D eigenvalue weighted by atomic mass is 10.1. The van der Waals surface area contributed by atoms with Gasteiger partial charge in [-0.2, -0.15) is 5.10 Å². The molecular formula is C18H14FN3. The number of rotatable bonds is 3. The van der Waals surface area contributed by atoms with Crippen LogP contribution in [0.4, 0.5) is 4.39 Å². The van der Waals surface area contributed by atoms with Crippen molar-refractivity contribution in [2.24, 2.45) is 0 Å². The summed E-state index contributed by atoms with van der Waals surface area (Å²) in [6.45, 7) is 0. The average Bonchev–Trinajstić information content (AvgIpc) is 3.02. The molecule has 3 aromatic rings. The predicted molar refractivity (Wildman–Crippen MR) is 83.4 cm³/mol. The lowest BCUT2D eigenvalue weighted by Crippen LogP contribution is -1.84. The summed E-state index contributed by atoms with van der Waals surface area (Å²) in [5.41, 5.74) is 3.49. The highest BCUT2D eigenvalue weighted by atomic mass is 19.1. The number of H-pyrrole nitrogens is 1. The molecule has 0 spiro atoms. The number of nitrogens with zero attached hydrogens (tertiary/aromatic N) is 2. The number of aromatic nitrogens is 3. The van der Waals surface area contributed by atoms with Crippen molar-refractivity contribution in [3.8, 4) is 23.1 Å². The molecule has 0 bridgehead atoms. The summed E-state index contributed by atoms with van der Waals surface area (Å²) in [7, 11) is 0. The van der Waals surface area contributed by atoms with Gasteiger partial charge in [0.1, 0.15) is 11.5 Å². The summed E-state index contributed by atoms with van der Waals surface area (Å²) >= 11 is 0. The van der Waals surface area contributed by atoms with Crippen LogP contribution in [0.5, 0.6) is 0 Å². The summed E-state index contributed by atoms with van der Waals surface area (Å²) in [5, 5.41) is 7.24. The van der Waals surface area contributed by atoms with Crippen LogP contribution in [0.25, 0.3) is 11.3 Å². The molecule has 0 saturated carbocycles. The number of aromatic amines is 1. The second kappa shape index (κ2) is 6.68. The monoisotopic (exact) mass is 291 g/mol. The SMILES string of the molecule is Fc1ccc(-c2cc(CCC#Cc3ccccn3)[nH]n2)cc1. The molecule has 3 nitrogen and oxygen atoms in total. The Morgan fingerprint density at radius 1 is 1.09 bits per heavy atom. The van der Waals surface area contributed by atoms with Crippen LogP contribution in [0, 0.1) is 17.7 Å². The molecule has 2 heterocycles. The van der Waals surface area contributed by atoms with Gasteiger partial charge in [-0.25, -0.2) is 9.37 Å². The first-order valence-corrected chi connectivity index (χ1v) is 7.01. The number of nitrogens with one attached hydrogen (secondary N) is 1. The third-order valence-corrected chi connectivity index (χ3v) is 3.17. The van der Waals surface area contributed by atoms with Crippen LogP contribution in [-0.2, 0) is 6.42 Å². The lowest BCUT2D eigenvalue weighted by Gasteiger charge is -1.94. The van der Waals surface area contributed by atoms with Gasteiger partial charge in [-0.05, 0) is 48.4 Å². The third kappa shape index (κ3) is 3.58. The summed E-state index contributed by atoms with van der Waals surface area (Å²) in [6, 6.07) is 13.9. The minimum Gasteiger partial charge on any atom is -0.282 e. The number of aryl methyl sites for hydroxylation is 1. The first-order valence-electron chi connectivity index (χ1n) is 7.01. The van der Waals surface area contributed by atoms with Gasteiger partial charge in [-0.15, -0.1) is 0 Å². The molecule has 0 aliphatic carbocycles. The molecule has 3 rings (SSSR count). The van der Waals surface area contributed by atoms with E-state index in [-0.39, 0.29) is 5.82 Å². The Morgan fingerprint density at radius 2 is 1.95 bits per heavy atom. The standard InChI is InChI=1S/C18H14FN3/c19-15-10-8-14(9-11-15)18-13-17(21-22-18)7-2-1-5-16-6-3-4-12-20-16/h3-4,6,8-13H,2,7H2,(H,21,22). The average molecular weight is 291 g/mol. The van der Waals surface area contributed by atoms with Gasteiger partial charge in [0.05, 0.1) is 5.69 Å². The van der Waals surface area contributed by atoms with E-state index in [1.807, 2.05) is 24.3 Å². The van der Waals surface area contributed by atoms with Gasteiger partial charge < -0.3 is 0 Å². The van der Waals surface area contributed by atoms with Crippen LogP contribution in [0.1, 0.15) is 17.8 Å². The van der Waals surface area contributed by atoms with Gasteiger partial charge in [-0.1, -0.05) is 12.0 Å². The van der Waals surface area contributed by atoms with E-state index in [0.29, 0.717) is 0 Å². The molecule has 0 fully saturated rings. The first-order chi connectivity index (χ1) is 10.8. The number of pyridine rings is 1. The van der Waals surface area contributed by atoms with Crippen molar-refractivity contribution in [2.75, 3.05) is 0 Å². The Balaban J connectivity index is 1.61. The van der Waals surface area contributed by atoms with Crippen LogP contribution < -0.4 is 0 Å². The molecule has 2 aromatic heterocycles. The Bertz CT molecular complexity index is 796. The molecule has 0 aliphatic rings. The number of benzene rings is 1. The topological polar surface area (TPSA) is 41.6 Å². The van der Waals surface area contributed by atoms with Gasteiger partial charge in [-0.3, -0.25) is 5.10 Å². The van der Waals surface area contributed by atoms with Gasteiger partial charge >= 0.3 is 0 Å². The van der Waals surface area contributed by atoms with Crippen LogP contribution in [0.15, 0.2) is 54.7 Å². The van der Waals surface area contributed by atoms with Crippen molar-refractivity contribution in [1.29, 1.82) is 0 Å². The number of halogens is 1. The van der Waals surface area contributed by atoms with E-state index in [4.69, 9.17) is 0 Å². The van der Waals surface area contributed by atoms with Crippen LogP contribution >= 0.6 is 0 Å². The van der Waals surface area contributed by atoms with E-state index in [1.54, 1.807) is 18.3 Å². The summed E-state index contributed by atoms with van der Waals surface area (Å²) in [4.78, 5) is 4.15. The van der Waals surface area contributed by atoms with E-state index in [2.05, 4.69) is 27.0 Å². The fraction of sp³-hybridized carbons (Fsp3) is 0.111. The van der Waals surface area contributed by atoms with Crippen molar-refractivity contribution in [3.05, 3.63) is 71.9 Å². The maximum Gasteiger partial charge on any atom is 0.123 e.